The molecule has 2 N–H and O–H groups in total. The van der Waals surface area contributed by atoms with E-state index < -0.39 is 0 Å². The third-order valence-corrected chi connectivity index (χ3v) is 3.58. The van der Waals surface area contributed by atoms with E-state index in [0.29, 0.717) is 5.19 Å². The summed E-state index contributed by atoms with van der Waals surface area (Å²) in [6, 6.07) is 13.6. The minimum Gasteiger partial charge on any atom is -0.431 e. The first-order valence-corrected chi connectivity index (χ1v) is 6.43. The van der Waals surface area contributed by atoms with Crippen molar-refractivity contribution < 1.29 is 4.74 Å². The molecule has 0 saturated heterocycles. The van der Waals surface area contributed by atoms with E-state index in [-0.39, 0.29) is 0 Å². The van der Waals surface area contributed by atoms with Crippen LogP contribution in [0, 0.1) is 6.92 Å². The molecule has 0 fully saturated rings. The Morgan fingerprint density at radius 3 is 2.83 bits per heavy atom. The maximum Gasteiger partial charge on any atom is 0.279 e. The highest BCUT2D eigenvalue weighted by Gasteiger charge is 2.07. The molecule has 0 radical (unpaired) electrons. The number of benzene rings is 2. The fourth-order valence-electron chi connectivity index (χ4n) is 1.73. The highest BCUT2D eigenvalue weighted by molar-refractivity contribution is 7.20. The number of aromatic nitrogens is 1. The SMILES string of the molecule is Cc1ccccc1Oc1nc2ccc(N)cc2s1. The Balaban J connectivity index is 1.98. The number of rotatable bonds is 2. The van der Waals surface area contributed by atoms with Gasteiger partial charge >= 0.3 is 0 Å². The van der Waals surface area contributed by atoms with E-state index in [1.807, 2.05) is 49.4 Å². The number of thiazole rings is 1. The number of hydrogen-bond acceptors (Lipinski definition) is 4. The molecule has 3 rings (SSSR count). The summed E-state index contributed by atoms with van der Waals surface area (Å²) < 4.78 is 6.84. The monoisotopic (exact) mass is 256 g/mol. The average Bonchev–Trinajstić information content (AvgIpc) is 2.73. The van der Waals surface area contributed by atoms with E-state index in [2.05, 4.69) is 4.98 Å². The average molecular weight is 256 g/mol. The molecule has 4 heteroatoms. The van der Waals surface area contributed by atoms with Crippen LogP contribution >= 0.6 is 11.3 Å². The zero-order valence-corrected chi connectivity index (χ0v) is 10.7. The second-order valence-corrected chi connectivity index (χ2v) is 5.07. The first-order valence-electron chi connectivity index (χ1n) is 5.62. The Morgan fingerprint density at radius 2 is 2.00 bits per heavy atom. The van der Waals surface area contributed by atoms with Crippen LogP contribution in [0.4, 0.5) is 5.69 Å². The van der Waals surface area contributed by atoms with E-state index >= 15 is 0 Å². The van der Waals surface area contributed by atoms with Crippen molar-refractivity contribution >= 4 is 27.2 Å². The number of fused-ring (bicyclic) bond motifs is 1. The standard InChI is InChI=1S/C14H12N2OS/c1-9-4-2-3-5-12(9)17-14-16-11-7-6-10(15)8-13(11)18-14/h2-8H,15H2,1H3. The molecule has 0 unspecified atom stereocenters. The van der Waals surface area contributed by atoms with E-state index in [0.717, 1.165) is 27.2 Å². The summed E-state index contributed by atoms with van der Waals surface area (Å²) in [5, 5.41) is 0.643. The summed E-state index contributed by atoms with van der Waals surface area (Å²) in [6.07, 6.45) is 0. The predicted octanol–water partition coefficient (Wildman–Crippen LogP) is 3.98. The molecule has 18 heavy (non-hydrogen) atoms. The Bertz CT molecular complexity index is 706. The van der Waals surface area contributed by atoms with E-state index in [4.69, 9.17) is 10.5 Å². The van der Waals surface area contributed by atoms with Crippen LogP contribution in [-0.2, 0) is 0 Å². The number of anilines is 1. The predicted molar refractivity (Wildman–Crippen MR) is 75.3 cm³/mol. The molecule has 0 aliphatic carbocycles. The van der Waals surface area contributed by atoms with Gasteiger partial charge in [-0.2, -0.15) is 0 Å². The van der Waals surface area contributed by atoms with Crippen molar-refractivity contribution in [2.75, 3.05) is 5.73 Å². The molecular weight excluding hydrogens is 244 g/mol. The van der Waals surface area contributed by atoms with Gasteiger partial charge in [-0.05, 0) is 36.8 Å². The fraction of sp³-hybridized carbons (Fsp3) is 0.0714. The third kappa shape index (κ3) is 2.02. The normalized spacial score (nSPS) is 10.7. The highest BCUT2D eigenvalue weighted by atomic mass is 32.1. The van der Waals surface area contributed by atoms with Gasteiger partial charge in [-0.1, -0.05) is 29.5 Å². The fourth-order valence-corrected chi connectivity index (χ4v) is 2.61. The molecule has 0 amide bonds. The van der Waals surface area contributed by atoms with Gasteiger partial charge in [-0.15, -0.1) is 0 Å². The van der Waals surface area contributed by atoms with Crippen molar-refractivity contribution in [1.82, 2.24) is 4.98 Å². The van der Waals surface area contributed by atoms with Crippen molar-refractivity contribution in [3.8, 4) is 10.9 Å². The molecular formula is C14H12N2OS. The second-order valence-electron chi connectivity index (χ2n) is 4.07. The maximum atomic E-state index is 5.80. The lowest BCUT2D eigenvalue weighted by atomic mass is 10.2. The number of aryl methyl sites for hydroxylation is 1. The topological polar surface area (TPSA) is 48.1 Å². The maximum absolute atomic E-state index is 5.80. The molecule has 0 aliphatic heterocycles. The third-order valence-electron chi connectivity index (χ3n) is 2.68. The molecule has 0 bridgehead atoms. The van der Waals surface area contributed by atoms with Crippen LogP contribution in [0.15, 0.2) is 42.5 Å². The van der Waals surface area contributed by atoms with E-state index in [1.54, 1.807) is 0 Å². The Morgan fingerprint density at radius 1 is 1.17 bits per heavy atom. The molecule has 1 heterocycles. The van der Waals surface area contributed by atoms with Gasteiger partial charge in [0.1, 0.15) is 5.75 Å². The summed E-state index contributed by atoms with van der Waals surface area (Å²) in [5.41, 5.74) is 8.50. The van der Waals surface area contributed by atoms with Crippen LogP contribution in [0.5, 0.6) is 10.9 Å². The smallest absolute Gasteiger partial charge is 0.279 e. The molecule has 3 nitrogen and oxygen atoms in total. The van der Waals surface area contributed by atoms with Crippen molar-refractivity contribution in [2.45, 2.75) is 6.92 Å². The molecule has 3 aromatic rings. The van der Waals surface area contributed by atoms with Gasteiger partial charge in [0.2, 0.25) is 0 Å². The molecule has 1 aromatic heterocycles. The van der Waals surface area contributed by atoms with Gasteiger partial charge in [-0.3, -0.25) is 0 Å². The highest BCUT2D eigenvalue weighted by Crippen LogP contribution is 2.33. The lowest BCUT2D eigenvalue weighted by Gasteiger charge is -2.03. The molecule has 0 atom stereocenters. The summed E-state index contributed by atoms with van der Waals surface area (Å²) in [7, 11) is 0. The number of nitrogens with zero attached hydrogens (tertiary/aromatic N) is 1. The Hall–Kier alpha value is -2.07. The first-order chi connectivity index (χ1) is 8.72. The second kappa shape index (κ2) is 4.31. The summed E-state index contributed by atoms with van der Waals surface area (Å²) >= 11 is 1.50. The van der Waals surface area contributed by atoms with Crippen LogP contribution in [0.1, 0.15) is 5.56 Å². The van der Waals surface area contributed by atoms with Gasteiger partial charge in [-0.25, -0.2) is 4.98 Å². The molecule has 0 spiro atoms. The van der Waals surface area contributed by atoms with E-state index in [1.165, 1.54) is 11.3 Å². The Labute approximate surface area is 109 Å². The van der Waals surface area contributed by atoms with Crippen LogP contribution in [0.2, 0.25) is 0 Å². The largest absolute Gasteiger partial charge is 0.431 e. The number of hydrogen-bond donors (Lipinski definition) is 1. The van der Waals surface area contributed by atoms with Gasteiger partial charge in [0, 0.05) is 5.69 Å². The van der Waals surface area contributed by atoms with Crippen LogP contribution in [-0.4, -0.2) is 4.98 Å². The van der Waals surface area contributed by atoms with Gasteiger partial charge in [0.15, 0.2) is 0 Å². The van der Waals surface area contributed by atoms with Crippen molar-refractivity contribution in [3.05, 3.63) is 48.0 Å². The lowest BCUT2D eigenvalue weighted by Crippen LogP contribution is -1.85. The number of ether oxygens (including phenoxy) is 1. The number of nitrogen functional groups attached to an aromatic ring is 1. The lowest BCUT2D eigenvalue weighted by molar-refractivity contribution is 0.476. The molecule has 0 aliphatic rings. The zero-order valence-electron chi connectivity index (χ0n) is 9.88. The molecule has 2 aromatic carbocycles. The van der Waals surface area contributed by atoms with Gasteiger partial charge < -0.3 is 10.5 Å². The summed E-state index contributed by atoms with van der Waals surface area (Å²) in [6.45, 7) is 2.01. The van der Waals surface area contributed by atoms with Crippen molar-refractivity contribution in [2.24, 2.45) is 0 Å². The van der Waals surface area contributed by atoms with Crippen LogP contribution < -0.4 is 10.5 Å². The summed E-state index contributed by atoms with van der Waals surface area (Å²) in [5.74, 6) is 0.838. The van der Waals surface area contributed by atoms with Crippen molar-refractivity contribution in [3.63, 3.8) is 0 Å². The van der Waals surface area contributed by atoms with Crippen LogP contribution in [0.25, 0.3) is 10.2 Å². The molecule has 90 valence electrons. The zero-order chi connectivity index (χ0) is 12.5. The first kappa shape index (κ1) is 11.0. The Kier molecular flexibility index (Phi) is 2.64. The van der Waals surface area contributed by atoms with Gasteiger partial charge in [0.05, 0.1) is 10.2 Å². The number of nitrogens with two attached hydrogens (primary N) is 1. The van der Waals surface area contributed by atoms with E-state index in [9.17, 15) is 0 Å². The van der Waals surface area contributed by atoms with Crippen LogP contribution in [0.3, 0.4) is 0 Å². The summed E-state index contributed by atoms with van der Waals surface area (Å²) in [4.78, 5) is 4.43. The minimum atomic E-state index is 0.643. The van der Waals surface area contributed by atoms with Gasteiger partial charge in [0.25, 0.3) is 5.19 Å². The van der Waals surface area contributed by atoms with Crippen molar-refractivity contribution in [1.29, 1.82) is 0 Å². The molecule has 0 saturated carbocycles. The number of para-hydroxylation sites is 1. The minimum absolute atomic E-state index is 0.643. The quantitative estimate of drug-likeness (QED) is 0.705.